The molecule has 3 rings (SSSR count). The second-order valence-electron chi connectivity index (χ2n) is 5.59. The molecule has 1 unspecified atom stereocenters. The molecule has 1 aliphatic heterocycles. The van der Waals surface area contributed by atoms with E-state index in [0.717, 1.165) is 12.2 Å². The number of hydrogen-bond donors (Lipinski definition) is 1. The largest absolute Gasteiger partial charge is 0.486 e. The first-order valence-corrected chi connectivity index (χ1v) is 8.11. The Bertz CT molecular complexity index is 684. The third-order valence-electron chi connectivity index (χ3n) is 3.80. The van der Waals surface area contributed by atoms with Gasteiger partial charge in [0.15, 0.2) is 18.1 Å². The molecule has 0 radical (unpaired) electrons. The van der Waals surface area contributed by atoms with Crippen molar-refractivity contribution in [2.45, 2.75) is 19.4 Å². The van der Waals surface area contributed by atoms with Crippen molar-refractivity contribution in [3.8, 4) is 17.2 Å². The number of ether oxygens (including phenoxy) is 3. The molecular formula is C19H21NO4. The number of fused-ring (bicyclic) bond motifs is 1. The molecule has 2 aromatic rings. The predicted molar refractivity (Wildman–Crippen MR) is 90.7 cm³/mol. The lowest BCUT2D eigenvalue weighted by molar-refractivity contribution is -0.123. The normalized spacial score (nSPS) is 15.6. The number of benzene rings is 2. The van der Waals surface area contributed by atoms with Gasteiger partial charge in [0.05, 0.1) is 6.54 Å². The van der Waals surface area contributed by atoms with Crippen LogP contribution in [0.5, 0.6) is 17.2 Å². The van der Waals surface area contributed by atoms with Crippen molar-refractivity contribution in [2.24, 2.45) is 0 Å². The zero-order chi connectivity index (χ0) is 16.8. The third kappa shape index (κ3) is 4.19. The molecule has 0 saturated carbocycles. The van der Waals surface area contributed by atoms with Crippen molar-refractivity contribution >= 4 is 5.91 Å². The lowest BCUT2D eigenvalue weighted by Crippen LogP contribution is -2.42. The molecule has 1 aliphatic rings. The lowest BCUT2D eigenvalue weighted by atomic mass is 10.2. The van der Waals surface area contributed by atoms with Crippen LogP contribution >= 0.6 is 0 Å². The number of hydrogen-bond acceptors (Lipinski definition) is 4. The summed E-state index contributed by atoms with van der Waals surface area (Å²) >= 11 is 0. The predicted octanol–water partition coefficient (Wildman–Crippen LogP) is 2.58. The monoisotopic (exact) mass is 327 g/mol. The first-order chi connectivity index (χ1) is 11.7. The van der Waals surface area contributed by atoms with Crippen LogP contribution in [-0.2, 0) is 11.2 Å². The summed E-state index contributed by atoms with van der Waals surface area (Å²) in [7, 11) is 0. The summed E-state index contributed by atoms with van der Waals surface area (Å²) in [6.45, 7) is 2.87. The van der Waals surface area contributed by atoms with Gasteiger partial charge in [-0.3, -0.25) is 4.79 Å². The molecule has 1 amide bonds. The number of aryl methyl sites for hydroxylation is 1. The van der Waals surface area contributed by atoms with E-state index in [9.17, 15) is 4.79 Å². The van der Waals surface area contributed by atoms with Crippen LogP contribution in [0.1, 0.15) is 12.5 Å². The number of amides is 1. The maximum Gasteiger partial charge on any atom is 0.258 e. The summed E-state index contributed by atoms with van der Waals surface area (Å²) in [6.07, 6.45) is 0.778. The summed E-state index contributed by atoms with van der Waals surface area (Å²) in [5, 5.41) is 2.81. The minimum atomic E-state index is -0.201. The minimum Gasteiger partial charge on any atom is -0.486 e. The Morgan fingerprint density at radius 1 is 1.17 bits per heavy atom. The van der Waals surface area contributed by atoms with Gasteiger partial charge in [0.2, 0.25) is 0 Å². The van der Waals surface area contributed by atoms with Gasteiger partial charge in [-0.2, -0.15) is 0 Å². The molecule has 0 aromatic heterocycles. The Morgan fingerprint density at radius 3 is 2.67 bits per heavy atom. The van der Waals surface area contributed by atoms with Crippen molar-refractivity contribution in [3.05, 3.63) is 54.1 Å². The molecule has 1 heterocycles. The van der Waals surface area contributed by atoms with Gasteiger partial charge in [-0.05, 0) is 36.2 Å². The Hall–Kier alpha value is -2.69. The first-order valence-electron chi connectivity index (χ1n) is 8.11. The summed E-state index contributed by atoms with van der Waals surface area (Å²) in [5.41, 5.74) is 1.24. The Kier molecular flexibility index (Phi) is 5.21. The van der Waals surface area contributed by atoms with Crippen LogP contribution in [0.25, 0.3) is 0 Å². The summed E-state index contributed by atoms with van der Waals surface area (Å²) < 4.78 is 16.9. The van der Waals surface area contributed by atoms with Crippen LogP contribution < -0.4 is 19.5 Å². The Morgan fingerprint density at radius 2 is 1.92 bits per heavy atom. The van der Waals surface area contributed by atoms with Gasteiger partial charge in [0, 0.05) is 0 Å². The number of carbonyl (C=O) groups is 1. The van der Waals surface area contributed by atoms with Crippen LogP contribution in [0, 0.1) is 0 Å². The van der Waals surface area contributed by atoms with E-state index in [1.807, 2.05) is 48.5 Å². The molecule has 2 aromatic carbocycles. The highest BCUT2D eigenvalue weighted by molar-refractivity contribution is 5.77. The fourth-order valence-electron chi connectivity index (χ4n) is 2.41. The highest BCUT2D eigenvalue weighted by atomic mass is 16.6. The van der Waals surface area contributed by atoms with E-state index >= 15 is 0 Å². The standard InChI is InChI=1S/C19H21NO4/c1-2-14-7-9-15(10-8-14)22-13-19(21)20-11-16-12-23-17-5-3-4-6-18(17)24-16/h3-10,16H,2,11-13H2,1H3,(H,20,21). The maximum atomic E-state index is 11.9. The average molecular weight is 327 g/mol. The van der Waals surface area contributed by atoms with Gasteiger partial charge in [0.25, 0.3) is 5.91 Å². The van der Waals surface area contributed by atoms with Crippen molar-refractivity contribution in [1.82, 2.24) is 5.32 Å². The van der Waals surface area contributed by atoms with E-state index < -0.39 is 0 Å². The van der Waals surface area contributed by atoms with Crippen molar-refractivity contribution in [3.63, 3.8) is 0 Å². The quantitative estimate of drug-likeness (QED) is 0.886. The maximum absolute atomic E-state index is 11.9. The summed E-state index contributed by atoms with van der Waals surface area (Å²) in [5.74, 6) is 1.94. The van der Waals surface area contributed by atoms with E-state index in [-0.39, 0.29) is 18.6 Å². The van der Waals surface area contributed by atoms with Gasteiger partial charge >= 0.3 is 0 Å². The second kappa shape index (κ2) is 7.73. The van der Waals surface area contributed by atoms with E-state index in [4.69, 9.17) is 14.2 Å². The summed E-state index contributed by atoms with van der Waals surface area (Å²) in [4.78, 5) is 11.9. The van der Waals surface area contributed by atoms with E-state index in [0.29, 0.717) is 24.7 Å². The molecule has 1 N–H and O–H groups in total. The van der Waals surface area contributed by atoms with Crippen LogP contribution in [0.3, 0.4) is 0 Å². The van der Waals surface area contributed by atoms with E-state index in [2.05, 4.69) is 12.2 Å². The topological polar surface area (TPSA) is 56.8 Å². The van der Waals surface area contributed by atoms with Crippen LogP contribution in [0.15, 0.2) is 48.5 Å². The average Bonchev–Trinajstić information content (AvgIpc) is 2.65. The van der Waals surface area contributed by atoms with Crippen molar-refractivity contribution in [2.75, 3.05) is 19.8 Å². The van der Waals surface area contributed by atoms with Gasteiger partial charge in [-0.1, -0.05) is 31.2 Å². The SMILES string of the molecule is CCc1ccc(OCC(=O)NCC2COc3ccccc3O2)cc1. The third-order valence-corrected chi connectivity index (χ3v) is 3.80. The van der Waals surface area contributed by atoms with Crippen LogP contribution in [-0.4, -0.2) is 31.8 Å². The number of carbonyl (C=O) groups excluding carboxylic acids is 1. The highest BCUT2D eigenvalue weighted by Gasteiger charge is 2.20. The van der Waals surface area contributed by atoms with Crippen LogP contribution in [0.4, 0.5) is 0 Å². The molecule has 126 valence electrons. The fourth-order valence-corrected chi connectivity index (χ4v) is 2.41. The zero-order valence-electron chi connectivity index (χ0n) is 13.7. The molecular weight excluding hydrogens is 306 g/mol. The Balaban J connectivity index is 1.41. The number of nitrogens with one attached hydrogen (secondary N) is 1. The van der Waals surface area contributed by atoms with E-state index in [1.54, 1.807) is 0 Å². The fraction of sp³-hybridized carbons (Fsp3) is 0.316. The van der Waals surface area contributed by atoms with Gasteiger partial charge in [-0.15, -0.1) is 0 Å². The summed E-state index contributed by atoms with van der Waals surface area (Å²) in [6, 6.07) is 15.3. The highest BCUT2D eigenvalue weighted by Crippen LogP contribution is 2.30. The molecule has 24 heavy (non-hydrogen) atoms. The van der Waals surface area contributed by atoms with Crippen molar-refractivity contribution in [1.29, 1.82) is 0 Å². The zero-order valence-corrected chi connectivity index (χ0v) is 13.7. The number of rotatable bonds is 6. The molecule has 0 spiro atoms. The second-order valence-corrected chi connectivity index (χ2v) is 5.59. The molecule has 5 nitrogen and oxygen atoms in total. The van der Waals surface area contributed by atoms with Crippen LogP contribution in [0.2, 0.25) is 0 Å². The molecule has 1 atom stereocenters. The molecule has 0 aliphatic carbocycles. The Labute approximate surface area is 141 Å². The smallest absolute Gasteiger partial charge is 0.258 e. The van der Waals surface area contributed by atoms with E-state index in [1.165, 1.54) is 5.56 Å². The minimum absolute atomic E-state index is 0.0182. The van der Waals surface area contributed by atoms with Gasteiger partial charge in [-0.25, -0.2) is 0 Å². The van der Waals surface area contributed by atoms with Gasteiger partial charge in [0.1, 0.15) is 18.5 Å². The number of para-hydroxylation sites is 2. The molecule has 0 fully saturated rings. The molecule has 0 bridgehead atoms. The van der Waals surface area contributed by atoms with Gasteiger partial charge < -0.3 is 19.5 Å². The molecule has 5 heteroatoms. The lowest BCUT2D eigenvalue weighted by Gasteiger charge is -2.26. The first kappa shape index (κ1) is 16.2. The molecule has 0 saturated heterocycles. The van der Waals surface area contributed by atoms with Crippen molar-refractivity contribution < 1.29 is 19.0 Å².